The lowest BCUT2D eigenvalue weighted by molar-refractivity contribution is -0.142. The molecule has 0 spiro atoms. The Morgan fingerprint density at radius 3 is 2.72 bits per heavy atom. The van der Waals surface area contributed by atoms with E-state index in [1.54, 1.807) is 6.92 Å². The van der Waals surface area contributed by atoms with Crippen LogP contribution in [0, 0.1) is 0 Å². The van der Waals surface area contributed by atoms with Crippen LogP contribution in [-0.4, -0.2) is 48.5 Å². The molecule has 0 aliphatic heterocycles. The second kappa shape index (κ2) is 9.19. The van der Waals surface area contributed by atoms with Gasteiger partial charge in [-0.25, -0.2) is 0 Å². The molecule has 0 aromatic carbocycles. The highest BCUT2D eigenvalue weighted by Gasteiger charge is 2.23. The Bertz CT molecular complexity index is 602. The maximum atomic E-state index is 11.7. The number of aldehydes is 1. The van der Waals surface area contributed by atoms with Crippen LogP contribution in [0.2, 0.25) is 0 Å². The summed E-state index contributed by atoms with van der Waals surface area (Å²) in [4.78, 5) is 33.5. The average Bonchev–Trinajstić information content (AvgIpc) is 2.61. The van der Waals surface area contributed by atoms with Crippen molar-refractivity contribution in [3.05, 3.63) is 5.56 Å². The lowest BCUT2D eigenvalue weighted by Crippen LogP contribution is -2.35. The first-order valence-electron chi connectivity index (χ1n) is 8.81. The maximum absolute atomic E-state index is 11.7. The number of nitrogens with zero attached hydrogens (tertiary/aromatic N) is 3. The number of ether oxygens (including phenoxy) is 1. The standard InChI is InChI=1S/C17H27N5O3/c1-3-25-14(24)9-10-19-15-13(11-23)16(21-17(18)20-15)22(2)12-7-5-4-6-8-12/h11-12H,3-10H2,1-2H3,(H3,18,19,20,21). The van der Waals surface area contributed by atoms with Gasteiger partial charge in [-0.05, 0) is 19.8 Å². The van der Waals surface area contributed by atoms with E-state index in [1.165, 1.54) is 19.3 Å². The average molecular weight is 349 g/mol. The normalized spacial score (nSPS) is 14.8. The molecule has 0 amide bonds. The second-order valence-corrected chi connectivity index (χ2v) is 6.17. The molecule has 3 N–H and O–H groups in total. The molecule has 25 heavy (non-hydrogen) atoms. The summed E-state index contributed by atoms with van der Waals surface area (Å²) >= 11 is 0. The molecule has 0 bridgehead atoms. The summed E-state index contributed by atoms with van der Waals surface area (Å²) in [7, 11) is 1.94. The summed E-state index contributed by atoms with van der Waals surface area (Å²) in [5, 5.41) is 3.00. The van der Waals surface area contributed by atoms with E-state index in [4.69, 9.17) is 10.5 Å². The van der Waals surface area contributed by atoms with E-state index in [0.717, 1.165) is 19.1 Å². The van der Waals surface area contributed by atoms with Crippen LogP contribution in [-0.2, 0) is 9.53 Å². The number of rotatable bonds is 8. The number of nitrogens with one attached hydrogen (secondary N) is 1. The third-order valence-corrected chi connectivity index (χ3v) is 4.44. The van der Waals surface area contributed by atoms with E-state index in [2.05, 4.69) is 15.3 Å². The first-order chi connectivity index (χ1) is 12.1. The molecule has 1 fully saturated rings. The molecular formula is C17H27N5O3. The van der Waals surface area contributed by atoms with Crippen molar-refractivity contribution in [2.75, 3.05) is 36.1 Å². The molecule has 1 aliphatic carbocycles. The predicted molar refractivity (Wildman–Crippen MR) is 96.8 cm³/mol. The summed E-state index contributed by atoms with van der Waals surface area (Å²) in [6.45, 7) is 2.41. The number of carbonyl (C=O) groups excluding carboxylic acids is 2. The SMILES string of the molecule is CCOC(=O)CCNc1nc(N)nc(N(C)C2CCCCC2)c1C=O. The predicted octanol–water partition coefficient (Wildman–Crippen LogP) is 2.01. The lowest BCUT2D eigenvalue weighted by atomic mass is 9.94. The van der Waals surface area contributed by atoms with Gasteiger partial charge in [-0.2, -0.15) is 9.97 Å². The van der Waals surface area contributed by atoms with Crippen LogP contribution in [0.5, 0.6) is 0 Å². The first kappa shape index (κ1) is 19.0. The van der Waals surface area contributed by atoms with E-state index in [9.17, 15) is 9.59 Å². The maximum Gasteiger partial charge on any atom is 0.307 e. The molecule has 0 unspecified atom stereocenters. The molecule has 8 nitrogen and oxygen atoms in total. The molecule has 2 rings (SSSR count). The molecule has 138 valence electrons. The van der Waals surface area contributed by atoms with Gasteiger partial charge in [0.1, 0.15) is 11.6 Å². The van der Waals surface area contributed by atoms with Gasteiger partial charge >= 0.3 is 5.97 Å². The number of carbonyl (C=O) groups is 2. The Labute approximate surface area is 148 Å². The minimum atomic E-state index is -0.302. The summed E-state index contributed by atoms with van der Waals surface area (Å²) in [5.74, 6) is 0.684. The number of nitrogen functional groups attached to an aromatic ring is 1. The minimum Gasteiger partial charge on any atom is -0.466 e. The number of anilines is 3. The number of aromatic nitrogens is 2. The third kappa shape index (κ3) is 5.04. The molecular weight excluding hydrogens is 322 g/mol. The van der Waals surface area contributed by atoms with Gasteiger partial charge in [-0.1, -0.05) is 19.3 Å². The third-order valence-electron chi connectivity index (χ3n) is 4.44. The fourth-order valence-electron chi connectivity index (χ4n) is 3.14. The summed E-state index contributed by atoms with van der Waals surface area (Å²) in [6.07, 6.45) is 6.67. The van der Waals surface area contributed by atoms with Crippen LogP contribution in [0.4, 0.5) is 17.6 Å². The monoisotopic (exact) mass is 349 g/mol. The smallest absolute Gasteiger partial charge is 0.307 e. The van der Waals surface area contributed by atoms with Crippen molar-refractivity contribution in [1.82, 2.24) is 9.97 Å². The van der Waals surface area contributed by atoms with Crippen LogP contribution in [0.3, 0.4) is 0 Å². The van der Waals surface area contributed by atoms with Crippen LogP contribution >= 0.6 is 0 Å². The van der Waals surface area contributed by atoms with Crippen molar-refractivity contribution in [2.24, 2.45) is 0 Å². The van der Waals surface area contributed by atoms with Crippen LogP contribution in [0.25, 0.3) is 0 Å². The van der Waals surface area contributed by atoms with Gasteiger partial charge < -0.3 is 20.7 Å². The Kier molecular flexibility index (Phi) is 6.97. The van der Waals surface area contributed by atoms with E-state index in [-0.39, 0.29) is 18.3 Å². The zero-order valence-corrected chi connectivity index (χ0v) is 15.0. The van der Waals surface area contributed by atoms with Gasteiger partial charge in [0.2, 0.25) is 5.95 Å². The van der Waals surface area contributed by atoms with E-state index >= 15 is 0 Å². The van der Waals surface area contributed by atoms with Crippen molar-refractivity contribution in [2.45, 2.75) is 51.5 Å². The summed E-state index contributed by atoms with van der Waals surface area (Å²) in [6, 6.07) is 0.342. The van der Waals surface area contributed by atoms with Gasteiger partial charge in [-0.3, -0.25) is 9.59 Å². The van der Waals surface area contributed by atoms with Crippen LogP contribution in [0.1, 0.15) is 55.8 Å². The minimum absolute atomic E-state index is 0.0990. The Balaban J connectivity index is 2.15. The fraction of sp³-hybridized carbons (Fsp3) is 0.647. The summed E-state index contributed by atoms with van der Waals surface area (Å²) in [5.41, 5.74) is 6.20. The molecule has 0 saturated heterocycles. The van der Waals surface area contributed by atoms with Crippen LogP contribution < -0.4 is 16.0 Å². The molecule has 0 radical (unpaired) electrons. The van der Waals surface area contributed by atoms with Crippen LogP contribution in [0.15, 0.2) is 0 Å². The second-order valence-electron chi connectivity index (χ2n) is 6.17. The molecule has 8 heteroatoms. The van der Waals surface area contributed by atoms with E-state index in [1.807, 2.05) is 11.9 Å². The highest BCUT2D eigenvalue weighted by Crippen LogP contribution is 2.29. The zero-order valence-electron chi connectivity index (χ0n) is 15.0. The highest BCUT2D eigenvalue weighted by molar-refractivity contribution is 5.90. The van der Waals surface area contributed by atoms with Crippen molar-refractivity contribution >= 4 is 29.8 Å². The topological polar surface area (TPSA) is 110 Å². The molecule has 1 saturated carbocycles. The summed E-state index contributed by atoms with van der Waals surface area (Å²) < 4.78 is 4.89. The van der Waals surface area contributed by atoms with Crippen molar-refractivity contribution < 1.29 is 14.3 Å². The van der Waals surface area contributed by atoms with E-state index < -0.39 is 0 Å². The number of hydrogen-bond donors (Lipinski definition) is 2. The Hall–Kier alpha value is -2.38. The number of nitrogens with two attached hydrogens (primary N) is 1. The van der Waals surface area contributed by atoms with Gasteiger partial charge in [0.15, 0.2) is 6.29 Å². The molecule has 1 aliphatic rings. The Morgan fingerprint density at radius 2 is 2.08 bits per heavy atom. The van der Waals surface area contributed by atoms with Gasteiger partial charge in [0.25, 0.3) is 0 Å². The van der Waals surface area contributed by atoms with Gasteiger partial charge in [-0.15, -0.1) is 0 Å². The van der Waals surface area contributed by atoms with Crippen molar-refractivity contribution in [1.29, 1.82) is 0 Å². The van der Waals surface area contributed by atoms with E-state index in [0.29, 0.717) is 36.4 Å². The highest BCUT2D eigenvalue weighted by atomic mass is 16.5. The van der Waals surface area contributed by atoms with Gasteiger partial charge in [0, 0.05) is 19.6 Å². The van der Waals surface area contributed by atoms with Crippen molar-refractivity contribution in [3.63, 3.8) is 0 Å². The Morgan fingerprint density at radius 1 is 1.36 bits per heavy atom. The van der Waals surface area contributed by atoms with Crippen molar-refractivity contribution in [3.8, 4) is 0 Å². The first-order valence-corrected chi connectivity index (χ1v) is 8.81. The lowest BCUT2D eigenvalue weighted by Gasteiger charge is -2.33. The molecule has 1 aromatic heterocycles. The molecule has 1 heterocycles. The van der Waals surface area contributed by atoms with Gasteiger partial charge in [0.05, 0.1) is 18.6 Å². The fourth-order valence-corrected chi connectivity index (χ4v) is 3.14. The largest absolute Gasteiger partial charge is 0.466 e. The number of hydrogen-bond acceptors (Lipinski definition) is 8. The molecule has 0 atom stereocenters. The molecule has 1 aromatic rings. The quantitative estimate of drug-likeness (QED) is 0.541. The number of esters is 1. The zero-order chi connectivity index (χ0) is 18.2.